The Hall–Kier alpha value is -1.31. The SMILES string of the molecule is Cc1nc(Br)ccc1NS(=O)(=O)c1cc(N)c(C)c(Cl)c1. The zero-order valence-corrected chi connectivity index (χ0v) is 14.5. The molecule has 2 rings (SSSR count). The van der Waals surface area contributed by atoms with Gasteiger partial charge in [-0.2, -0.15) is 0 Å². The topological polar surface area (TPSA) is 85.1 Å². The van der Waals surface area contributed by atoms with Crippen LogP contribution in [0.1, 0.15) is 11.3 Å². The smallest absolute Gasteiger partial charge is 0.262 e. The number of rotatable bonds is 3. The van der Waals surface area contributed by atoms with Crippen molar-refractivity contribution in [3.63, 3.8) is 0 Å². The van der Waals surface area contributed by atoms with E-state index in [1.54, 1.807) is 26.0 Å². The number of pyridine rings is 1. The van der Waals surface area contributed by atoms with Crippen molar-refractivity contribution in [1.29, 1.82) is 0 Å². The maximum Gasteiger partial charge on any atom is 0.262 e. The summed E-state index contributed by atoms with van der Waals surface area (Å²) in [6.45, 7) is 3.43. The van der Waals surface area contributed by atoms with Gasteiger partial charge in [0.15, 0.2) is 0 Å². The molecule has 1 aromatic carbocycles. The Balaban J connectivity index is 2.43. The van der Waals surface area contributed by atoms with Gasteiger partial charge in [0.05, 0.1) is 16.3 Å². The first-order valence-corrected chi connectivity index (χ1v) is 8.57. The molecule has 0 saturated heterocycles. The molecular formula is C13H13BrClN3O2S. The number of aromatic nitrogens is 1. The van der Waals surface area contributed by atoms with Gasteiger partial charge in [0.25, 0.3) is 10.0 Å². The van der Waals surface area contributed by atoms with Gasteiger partial charge < -0.3 is 5.73 Å². The number of nitrogens with zero attached hydrogens (tertiary/aromatic N) is 1. The van der Waals surface area contributed by atoms with Gasteiger partial charge in [-0.25, -0.2) is 13.4 Å². The highest BCUT2D eigenvalue weighted by Crippen LogP contribution is 2.27. The first-order chi connectivity index (χ1) is 9.70. The standard InChI is InChI=1S/C13H13BrClN3O2S/c1-7-10(15)5-9(6-11(7)16)21(19,20)18-12-3-4-13(14)17-8(12)2/h3-6,18H,16H2,1-2H3. The van der Waals surface area contributed by atoms with Crippen molar-refractivity contribution in [2.75, 3.05) is 10.5 Å². The number of nitrogens with two attached hydrogens (primary N) is 1. The summed E-state index contributed by atoms with van der Waals surface area (Å²) in [6.07, 6.45) is 0. The third kappa shape index (κ3) is 3.48. The van der Waals surface area contributed by atoms with Gasteiger partial charge in [0, 0.05) is 10.7 Å². The lowest BCUT2D eigenvalue weighted by Crippen LogP contribution is -2.14. The molecule has 5 nitrogen and oxygen atoms in total. The lowest BCUT2D eigenvalue weighted by atomic mass is 10.2. The van der Waals surface area contributed by atoms with E-state index < -0.39 is 10.0 Å². The molecule has 8 heteroatoms. The van der Waals surface area contributed by atoms with Crippen LogP contribution in [0.2, 0.25) is 5.02 Å². The molecule has 0 amide bonds. The largest absolute Gasteiger partial charge is 0.398 e. The fraction of sp³-hybridized carbons (Fsp3) is 0.154. The second kappa shape index (κ2) is 5.82. The van der Waals surface area contributed by atoms with E-state index in [0.29, 0.717) is 32.3 Å². The molecule has 0 radical (unpaired) electrons. The summed E-state index contributed by atoms with van der Waals surface area (Å²) >= 11 is 9.21. The number of halogens is 2. The number of hydrogen-bond donors (Lipinski definition) is 2. The van der Waals surface area contributed by atoms with E-state index in [0.717, 1.165) is 0 Å². The zero-order chi connectivity index (χ0) is 15.8. The first-order valence-electron chi connectivity index (χ1n) is 5.92. The minimum atomic E-state index is -3.78. The molecule has 2 aromatic rings. The molecule has 112 valence electrons. The van der Waals surface area contributed by atoms with E-state index >= 15 is 0 Å². The highest BCUT2D eigenvalue weighted by Gasteiger charge is 2.18. The fourth-order valence-electron chi connectivity index (χ4n) is 1.67. The molecule has 3 N–H and O–H groups in total. The zero-order valence-electron chi connectivity index (χ0n) is 11.3. The number of hydrogen-bond acceptors (Lipinski definition) is 4. The second-order valence-corrected chi connectivity index (χ2v) is 7.39. The van der Waals surface area contributed by atoms with Crippen molar-refractivity contribution in [3.8, 4) is 0 Å². The number of nitrogen functional groups attached to an aromatic ring is 1. The Bertz CT molecular complexity index is 786. The Morgan fingerprint density at radius 3 is 2.52 bits per heavy atom. The molecule has 0 atom stereocenters. The summed E-state index contributed by atoms with van der Waals surface area (Å²) in [5.74, 6) is 0. The van der Waals surface area contributed by atoms with Gasteiger partial charge in [-0.05, 0) is 59.6 Å². The Kier molecular flexibility index (Phi) is 4.46. The minimum Gasteiger partial charge on any atom is -0.398 e. The number of sulfonamides is 1. The van der Waals surface area contributed by atoms with Crippen molar-refractivity contribution in [3.05, 3.63) is 45.1 Å². The van der Waals surface area contributed by atoms with Crippen molar-refractivity contribution >= 4 is 48.9 Å². The molecule has 1 heterocycles. The minimum absolute atomic E-state index is 0.0120. The summed E-state index contributed by atoms with van der Waals surface area (Å²) < 4.78 is 27.9. The summed E-state index contributed by atoms with van der Waals surface area (Å²) in [7, 11) is -3.78. The maximum atomic E-state index is 12.4. The van der Waals surface area contributed by atoms with Crippen LogP contribution in [-0.4, -0.2) is 13.4 Å². The van der Waals surface area contributed by atoms with Crippen LogP contribution in [0.5, 0.6) is 0 Å². The van der Waals surface area contributed by atoms with E-state index in [1.807, 2.05) is 0 Å². The molecule has 0 aliphatic carbocycles. The summed E-state index contributed by atoms with van der Waals surface area (Å²) in [5.41, 5.74) is 7.70. The number of benzene rings is 1. The Labute approximate surface area is 136 Å². The highest BCUT2D eigenvalue weighted by atomic mass is 79.9. The van der Waals surface area contributed by atoms with Crippen LogP contribution in [0.4, 0.5) is 11.4 Å². The maximum absolute atomic E-state index is 12.4. The molecule has 0 aliphatic rings. The van der Waals surface area contributed by atoms with Crippen LogP contribution in [0.15, 0.2) is 33.8 Å². The Morgan fingerprint density at radius 2 is 1.95 bits per heavy atom. The van der Waals surface area contributed by atoms with Crippen LogP contribution in [0.3, 0.4) is 0 Å². The predicted octanol–water partition coefficient (Wildman–Crippen LogP) is 3.50. The Morgan fingerprint density at radius 1 is 1.29 bits per heavy atom. The van der Waals surface area contributed by atoms with E-state index in [2.05, 4.69) is 25.6 Å². The third-order valence-electron chi connectivity index (χ3n) is 2.96. The highest BCUT2D eigenvalue weighted by molar-refractivity contribution is 9.10. The van der Waals surface area contributed by atoms with Crippen molar-refractivity contribution in [1.82, 2.24) is 4.98 Å². The average Bonchev–Trinajstić information content (AvgIpc) is 2.38. The number of aryl methyl sites for hydroxylation is 1. The van der Waals surface area contributed by atoms with Crippen LogP contribution in [0, 0.1) is 13.8 Å². The van der Waals surface area contributed by atoms with E-state index in [9.17, 15) is 8.42 Å². The van der Waals surface area contributed by atoms with Crippen molar-refractivity contribution < 1.29 is 8.42 Å². The molecule has 1 aromatic heterocycles. The van der Waals surface area contributed by atoms with E-state index in [1.165, 1.54) is 12.1 Å². The number of nitrogens with one attached hydrogen (secondary N) is 1. The van der Waals surface area contributed by atoms with Gasteiger partial charge in [-0.15, -0.1) is 0 Å². The molecular weight excluding hydrogens is 378 g/mol. The van der Waals surface area contributed by atoms with E-state index in [4.69, 9.17) is 17.3 Å². The lowest BCUT2D eigenvalue weighted by molar-refractivity contribution is 0.601. The number of anilines is 2. The molecule has 21 heavy (non-hydrogen) atoms. The van der Waals surface area contributed by atoms with Gasteiger partial charge in [0.2, 0.25) is 0 Å². The van der Waals surface area contributed by atoms with Gasteiger partial charge >= 0.3 is 0 Å². The van der Waals surface area contributed by atoms with Crippen LogP contribution < -0.4 is 10.5 Å². The second-order valence-electron chi connectivity index (χ2n) is 4.49. The first kappa shape index (κ1) is 16.1. The van der Waals surface area contributed by atoms with Gasteiger partial charge in [-0.1, -0.05) is 11.6 Å². The molecule has 0 unspecified atom stereocenters. The quantitative estimate of drug-likeness (QED) is 0.620. The fourth-order valence-corrected chi connectivity index (χ4v) is 3.54. The van der Waals surface area contributed by atoms with Crippen LogP contribution in [-0.2, 0) is 10.0 Å². The van der Waals surface area contributed by atoms with Crippen LogP contribution in [0.25, 0.3) is 0 Å². The molecule has 0 fully saturated rings. The van der Waals surface area contributed by atoms with Crippen molar-refractivity contribution in [2.45, 2.75) is 18.7 Å². The molecule has 0 aliphatic heterocycles. The van der Waals surface area contributed by atoms with Gasteiger partial charge in [0.1, 0.15) is 4.60 Å². The molecule has 0 spiro atoms. The molecule has 0 saturated carbocycles. The van der Waals surface area contributed by atoms with Crippen LogP contribution >= 0.6 is 27.5 Å². The lowest BCUT2D eigenvalue weighted by Gasteiger charge is -2.12. The normalized spacial score (nSPS) is 11.4. The molecule has 0 bridgehead atoms. The summed E-state index contributed by atoms with van der Waals surface area (Å²) in [5, 5.41) is 0.307. The van der Waals surface area contributed by atoms with E-state index in [-0.39, 0.29) is 4.90 Å². The third-order valence-corrected chi connectivity index (χ3v) is 5.14. The monoisotopic (exact) mass is 389 g/mol. The van der Waals surface area contributed by atoms with Crippen molar-refractivity contribution in [2.24, 2.45) is 0 Å². The summed E-state index contributed by atoms with van der Waals surface area (Å²) in [6, 6.07) is 6.03. The predicted molar refractivity (Wildman–Crippen MR) is 88.1 cm³/mol. The average molecular weight is 391 g/mol. The summed E-state index contributed by atoms with van der Waals surface area (Å²) in [4.78, 5) is 4.15. The van der Waals surface area contributed by atoms with Gasteiger partial charge in [-0.3, -0.25) is 4.72 Å².